The van der Waals surface area contributed by atoms with E-state index in [0.717, 1.165) is 17.8 Å². The quantitative estimate of drug-likeness (QED) is 0.840. The van der Waals surface area contributed by atoms with E-state index in [2.05, 4.69) is 39.1 Å². The Morgan fingerprint density at radius 3 is 2.53 bits per heavy atom. The summed E-state index contributed by atoms with van der Waals surface area (Å²) in [6.07, 6.45) is 5.39. The van der Waals surface area contributed by atoms with Crippen molar-refractivity contribution in [2.75, 3.05) is 0 Å². The molecule has 0 bridgehead atoms. The third kappa shape index (κ3) is 3.10. The molecule has 5 heteroatoms. The molecule has 0 fully saturated rings. The number of aromatic amines is 1. The molecule has 2 aromatic rings. The number of aryl methyl sites for hydroxylation is 1. The molecule has 0 saturated heterocycles. The van der Waals surface area contributed by atoms with Crippen molar-refractivity contribution < 1.29 is 0 Å². The number of hydrogen-bond acceptors (Lipinski definition) is 4. The molecule has 0 aliphatic rings. The summed E-state index contributed by atoms with van der Waals surface area (Å²) >= 11 is 0. The molecule has 0 aliphatic heterocycles. The van der Waals surface area contributed by atoms with E-state index >= 15 is 0 Å². The van der Waals surface area contributed by atoms with Crippen LogP contribution in [0.15, 0.2) is 18.6 Å². The fourth-order valence-corrected chi connectivity index (χ4v) is 1.39. The van der Waals surface area contributed by atoms with Crippen molar-refractivity contribution in [1.29, 1.82) is 0 Å². The summed E-state index contributed by atoms with van der Waals surface area (Å²) in [6, 6.07) is 0.456. The summed E-state index contributed by atoms with van der Waals surface area (Å²) in [5.41, 5.74) is 2.08. The molecular formula is C12H17N5. The van der Waals surface area contributed by atoms with Gasteiger partial charge in [-0.1, -0.05) is 13.8 Å². The highest BCUT2D eigenvalue weighted by atomic mass is 15.0. The van der Waals surface area contributed by atoms with Crippen molar-refractivity contribution in [3.05, 3.63) is 29.8 Å². The Balaban J connectivity index is 2.10. The molecule has 0 unspecified atom stereocenters. The number of hydrogen-bond donors (Lipinski definition) is 2. The first-order valence-corrected chi connectivity index (χ1v) is 5.71. The molecule has 2 N–H and O–H groups in total. The van der Waals surface area contributed by atoms with E-state index in [1.807, 2.05) is 13.1 Å². The minimum atomic E-state index is 0.456. The average Bonchev–Trinajstić information content (AvgIpc) is 2.76. The molecule has 0 aromatic carbocycles. The number of nitrogens with one attached hydrogen (secondary N) is 2. The Morgan fingerprint density at radius 1 is 1.18 bits per heavy atom. The third-order valence-electron chi connectivity index (χ3n) is 2.32. The molecule has 2 aromatic heterocycles. The van der Waals surface area contributed by atoms with Gasteiger partial charge in [0.2, 0.25) is 0 Å². The Bertz CT molecular complexity index is 472. The molecule has 0 atom stereocenters. The summed E-state index contributed by atoms with van der Waals surface area (Å²) in [6.45, 7) is 6.96. The molecule has 0 spiro atoms. The topological polar surface area (TPSA) is 66.5 Å². The van der Waals surface area contributed by atoms with Gasteiger partial charge in [0, 0.05) is 30.7 Å². The van der Waals surface area contributed by atoms with E-state index < -0.39 is 0 Å². The van der Waals surface area contributed by atoms with Gasteiger partial charge in [0.25, 0.3) is 0 Å². The van der Waals surface area contributed by atoms with Gasteiger partial charge >= 0.3 is 0 Å². The maximum absolute atomic E-state index is 4.27. The Kier molecular flexibility index (Phi) is 3.49. The molecular weight excluding hydrogens is 214 g/mol. The largest absolute Gasteiger partial charge is 0.338 e. The number of rotatable bonds is 4. The number of nitrogens with zero attached hydrogens (tertiary/aromatic N) is 3. The monoisotopic (exact) mass is 231 g/mol. The number of aromatic nitrogens is 4. The number of imidazole rings is 1. The van der Waals surface area contributed by atoms with Crippen LogP contribution in [0.4, 0.5) is 0 Å². The van der Waals surface area contributed by atoms with Gasteiger partial charge in [-0.15, -0.1) is 0 Å². The second kappa shape index (κ2) is 5.05. The maximum Gasteiger partial charge on any atom is 0.195 e. The number of H-pyrrole nitrogens is 1. The van der Waals surface area contributed by atoms with Crippen LogP contribution in [0.1, 0.15) is 25.1 Å². The van der Waals surface area contributed by atoms with Crippen molar-refractivity contribution in [1.82, 2.24) is 25.3 Å². The molecule has 17 heavy (non-hydrogen) atoms. The molecule has 0 amide bonds. The van der Waals surface area contributed by atoms with E-state index in [-0.39, 0.29) is 0 Å². The Hall–Kier alpha value is -1.75. The maximum atomic E-state index is 4.27. The van der Waals surface area contributed by atoms with E-state index in [0.29, 0.717) is 17.7 Å². The molecule has 2 heterocycles. The van der Waals surface area contributed by atoms with Crippen LogP contribution < -0.4 is 5.32 Å². The van der Waals surface area contributed by atoms with E-state index in [9.17, 15) is 0 Å². The van der Waals surface area contributed by atoms with E-state index in [1.54, 1.807) is 12.4 Å². The first kappa shape index (κ1) is 11.7. The summed E-state index contributed by atoms with van der Waals surface area (Å²) in [4.78, 5) is 15.9. The lowest BCUT2D eigenvalue weighted by Gasteiger charge is -2.05. The van der Waals surface area contributed by atoms with Crippen molar-refractivity contribution in [3.8, 4) is 11.6 Å². The van der Waals surface area contributed by atoms with Crippen LogP contribution in [0.5, 0.6) is 0 Å². The van der Waals surface area contributed by atoms with E-state index in [1.165, 1.54) is 0 Å². The first-order chi connectivity index (χ1) is 8.15. The highest BCUT2D eigenvalue weighted by Gasteiger charge is 2.06. The van der Waals surface area contributed by atoms with Crippen LogP contribution >= 0.6 is 0 Å². The van der Waals surface area contributed by atoms with Crippen LogP contribution in [-0.2, 0) is 6.54 Å². The molecule has 5 nitrogen and oxygen atoms in total. The minimum absolute atomic E-state index is 0.456. The molecule has 0 radical (unpaired) electrons. The van der Waals surface area contributed by atoms with Gasteiger partial charge in [-0.3, -0.25) is 0 Å². The van der Waals surface area contributed by atoms with Crippen LogP contribution in [0.2, 0.25) is 0 Å². The fourth-order valence-electron chi connectivity index (χ4n) is 1.39. The molecule has 0 saturated carbocycles. The van der Waals surface area contributed by atoms with Gasteiger partial charge in [0.1, 0.15) is 0 Å². The fraction of sp³-hybridized carbons (Fsp3) is 0.417. The van der Waals surface area contributed by atoms with Gasteiger partial charge < -0.3 is 10.3 Å². The van der Waals surface area contributed by atoms with E-state index in [4.69, 9.17) is 0 Å². The zero-order valence-electron chi connectivity index (χ0n) is 10.4. The summed E-state index contributed by atoms with van der Waals surface area (Å²) in [7, 11) is 0. The first-order valence-electron chi connectivity index (χ1n) is 5.71. The lowest BCUT2D eigenvalue weighted by Crippen LogP contribution is -2.21. The highest BCUT2D eigenvalue weighted by molar-refractivity contribution is 5.42. The third-order valence-corrected chi connectivity index (χ3v) is 2.32. The van der Waals surface area contributed by atoms with Crippen molar-refractivity contribution >= 4 is 0 Å². The van der Waals surface area contributed by atoms with Gasteiger partial charge in [0.15, 0.2) is 11.6 Å². The lowest BCUT2D eigenvalue weighted by atomic mass is 10.3. The molecule has 90 valence electrons. The molecule has 0 aliphatic carbocycles. The van der Waals surface area contributed by atoms with Crippen molar-refractivity contribution in [3.63, 3.8) is 0 Å². The summed E-state index contributed by atoms with van der Waals surface area (Å²) < 4.78 is 0. The average molecular weight is 231 g/mol. The standard InChI is InChI=1S/C12H17N5/c1-8(2)13-6-10-7-16-12(17-10)11-14-4-9(3)5-15-11/h4-5,7-8,13H,6H2,1-3H3,(H,16,17). The normalized spacial score (nSPS) is 11.1. The van der Waals surface area contributed by atoms with Crippen LogP contribution in [0.3, 0.4) is 0 Å². The van der Waals surface area contributed by atoms with Gasteiger partial charge in [-0.2, -0.15) is 0 Å². The minimum Gasteiger partial charge on any atom is -0.338 e. The Morgan fingerprint density at radius 2 is 1.88 bits per heavy atom. The summed E-state index contributed by atoms with van der Waals surface area (Å²) in [5.74, 6) is 1.34. The second-order valence-corrected chi connectivity index (χ2v) is 4.38. The zero-order chi connectivity index (χ0) is 12.3. The predicted molar refractivity (Wildman–Crippen MR) is 66.3 cm³/mol. The predicted octanol–water partition coefficient (Wildman–Crippen LogP) is 1.67. The lowest BCUT2D eigenvalue weighted by molar-refractivity contribution is 0.583. The van der Waals surface area contributed by atoms with Crippen LogP contribution in [-0.4, -0.2) is 26.0 Å². The smallest absolute Gasteiger partial charge is 0.195 e. The summed E-state index contributed by atoms with van der Waals surface area (Å²) in [5, 5.41) is 3.32. The second-order valence-electron chi connectivity index (χ2n) is 4.38. The highest BCUT2D eigenvalue weighted by Crippen LogP contribution is 2.09. The van der Waals surface area contributed by atoms with Gasteiger partial charge in [-0.25, -0.2) is 15.0 Å². The SMILES string of the molecule is Cc1cnc(-c2ncc(CNC(C)C)[nH]2)nc1. The zero-order valence-corrected chi connectivity index (χ0v) is 10.4. The molecule has 2 rings (SSSR count). The van der Waals surface area contributed by atoms with Crippen LogP contribution in [0, 0.1) is 6.92 Å². The van der Waals surface area contributed by atoms with Crippen molar-refractivity contribution in [2.45, 2.75) is 33.4 Å². The van der Waals surface area contributed by atoms with Crippen LogP contribution in [0.25, 0.3) is 11.6 Å². The Labute approximate surface area is 101 Å². The van der Waals surface area contributed by atoms with Gasteiger partial charge in [-0.05, 0) is 12.5 Å². The van der Waals surface area contributed by atoms with Gasteiger partial charge in [0.05, 0.1) is 6.20 Å². The van der Waals surface area contributed by atoms with Crippen molar-refractivity contribution in [2.24, 2.45) is 0 Å².